The van der Waals surface area contributed by atoms with Gasteiger partial charge >= 0.3 is 10.5 Å². The van der Waals surface area contributed by atoms with Crippen LogP contribution in [0.2, 0.25) is 0 Å². The number of anilines is 1. The van der Waals surface area contributed by atoms with Crippen LogP contribution in [0.15, 0.2) is 18.2 Å². The summed E-state index contributed by atoms with van der Waals surface area (Å²) in [5, 5.41) is 2.06. The zero-order valence-electron chi connectivity index (χ0n) is 8.11. The Labute approximate surface area is 104 Å². The molecule has 0 heterocycles. The lowest BCUT2D eigenvalue weighted by atomic mass is 10.3. The molecule has 1 rings (SSSR count). The van der Waals surface area contributed by atoms with Crippen LogP contribution in [0.5, 0.6) is 5.75 Å². The molecule has 5 nitrogen and oxygen atoms in total. The third kappa shape index (κ3) is 4.27. The van der Waals surface area contributed by atoms with Crippen molar-refractivity contribution in [2.45, 2.75) is 0 Å². The van der Waals surface area contributed by atoms with E-state index in [0.717, 1.165) is 6.07 Å². The van der Waals surface area contributed by atoms with Crippen LogP contribution in [0.1, 0.15) is 0 Å². The summed E-state index contributed by atoms with van der Waals surface area (Å²) < 4.78 is 49.9. The normalized spacial score (nSPS) is 11.0. The average molecular weight is 330 g/mol. The third-order valence-electron chi connectivity index (χ3n) is 1.55. The number of benzene rings is 1. The van der Waals surface area contributed by atoms with Crippen LogP contribution < -0.4 is 9.50 Å². The molecule has 0 aliphatic rings. The zero-order valence-corrected chi connectivity index (χ0v) is 10.5. The molecule has 0 saturated heterocycles. The van der Waals surface area contributed by atoms with E-state index >= 15 is 0 Å². The molecule has 9 heteroatoms. The average Bonchev–Trinajstić information content (AvgIpc) is 2.22. The van der Waals surface area contributed by atoms with Crippen molar-refractivity contribution in [1.82, 2.24) is 0 Å². The van der Waals surface area contributed by atoms with Crippen LogP contribution in [0.4, 0.5) is 14.0 Å². The van der Waals surface area contributed by atoms with Gasteiger partial charge < -0.3 is 9.50 Å². The highest BCUT2D eigenvalue weighted by Crippen LogP contribution is 2.25. The predicted molar refractivity (Wildman–Crippen MR) is 59.5 cm³/mol. The van der Waals surface area contributed by atoms with Crippen molar-refractivity contribution in [3.63, 3.8) is 0 Å². The van der Waals surface area contributed by atoms with E-state index in [-0.39, 0.29) is 11.0 Å². The zero-order chi connectivity index (χ0) is 13.1. The number of carbonyl (C=O) groups excluding carboxylic acids is 1. The van der Waals surface area contributed by atoms with E-state index in [1.165, 1.54) is 12.1 Å². The maximum atomic E-state index is 13.5. The summed E-state index contributed by atoms with van der Waals surface area (Å²) in [7, 11) is -5.31. The van der Waals surface area contributed by atoms with Crippen LogP contribution in [-0.4, -0.2) is 19.7 Å². The second kappa shape index (κ2) is 5.41. The van der Waals surface area contributed by atoms with E-state index in [9.17, 15) is 21.5 Å². The summed E-state index contributed by atoms with van der Waals surface area (Å²) in [6.45, 7) is 0. The standard InChI is InChI=1S/C8H6BrF2NO4S/c9-4-7(13)12-5-2-1-3-6(8(5)10)16-17(11,14)15/h1-3H,4H2,(H,12,13). The van der Waals surface area contributed by atoms with Gasteiger partial charge in [0.15, 0.2) is 11.6 Å². The summed E-state index contributed by atoms with van der Waals surface area (Å²) in [5.74, 6) is -2.56. The molecular weight excluding hydrogens is 324 g/mol. The fourth-order valence-electron chi connectivity index (χ4n) is 0.963. The molecule has 1 aromatic rings. The van der Waals surface area contributed by atoms with Crippen LogP contribution in [0.25, 0.3) is 0 Å². The maximum Gasteiger partial charge on any atom is 0.488 e. The van der Waals surface area contributed by atoms with Crippen LogP contribution in [0.3, 0.4) is 0 Å². The maximum absolute atomic E-state index is 13.5. The lowest BCUT2D eigenvalue weighted by molar-refractivity contribution is -0.113. The molecule has 1 aromatic carbocycles. The molecule has 17 heavy (non-hydrogen) atoms. The van der Waals surface area contributed by atoms with E-state index in [0.29, 0.717) is 0 Å². The van der Waals surface area contributed by atoms with Gasteiger partial charge in [0.1, 0.15) is 0 Å². The van der Waals surface area contributed by atoms with Gasteiger partial charge in [-0.2, -0.15) is 8.42 Å². The minimum atomic E-state index is -5.31. The topological polar surface area (TPSA) is 72.5 Å². The third-order valence-corrected chi connectivity index (χ3v) is 2.44. The monoisotopic (exact) mass is 329 g/mol. The molecule has 0 aliphatic heterocycles. The quantitative estimate of drug-likeness (QED) is 0.674. The summed E-state index contributed by atoms with van der Waals surface area (Å²) in [6.07, 6.45) is 0. The van der Waals surface area contributed by atoms with Gasteiger partial charge in [0, 0.05) is 0 Å². The molecule has 0 unspecified atom stereocenters. The Morgan fingerprint density at radius 1 is 1.47 bits per heavy atom. The molecule has 94 valence electrons. The summed E-state index contributed by atoms with van der Waals surface area (Å²) in [6, 6.07) is 3.29. The predicted octanol–water partition coefficient (Wildman–Crippen LogP) is 1.75. The Hall–Kier alpha value is -1.22. The minimum absolute atomic E-state index is 0.0705. The fourth-order valence-corrected chi connectivity index (χ4v) is 1.45. The molecule has 0 aromatic heterocycles. The molecule has 1 amide bonds. The Morgan fingerprint density at radius 2 is 2.12 bits per heavy atom. The van der Waals surface area contributed by atoms with Crippen molar-refractivity contribution in [1.29, 1.82) is 0 Å². The first-order valence-electron chi connectivity index (χ1n) is 4.12. The number of hydrogen-bond donors (Lipinski definition) is 1. The highest BCUT2D eigenvalue weighted by molar-refractivity contribution is 9.09. The first-order chi connectivity index (χ1) is 7.83. The first-order valence-corrected chi connectivity index (χ1v) is 6.55. The smallest absolute Gasteiger partial charge is 0.355 e. The van der Waals surface area contributed by atoms with Crippen molar-refractivity contribution in [2.75, 3.05) is 10.6 Å². The molecule has 1 N–H and O–H groups in total. The molecular formula is C8H6BrF2NO4S. The van der Waals surface area contributed by atoms with Gasteiger partial charge in [0.2, 0.25) is 5.91 Å². The second-order valence-electron chi connectivity index (χ2n) is 2.78. The van der Waals surface area contributed by atoms with E-state index in [1.54, 1.807) is 0 Å². The Bertz CT molecular complexity index is 534. The van der Waals surface area contributed by atoms with E-state index in [4.69, 9.17) is 0 Å². The van der Waals surface area contributed by atoms with Crippen molar-refractivity contribution < 1.29 is 25.7 Å². The van der Waals surface area contributed by atoms with Gasteiger partial charge in [0.25, 0.3) is 0 Å². The van der Waals surface area contributed by atoms with Gasteiger partial charge in [-0.25, -0.2) is 4.39 Å². The molecule has 0 spiro atoms. The number of carbonyl (C=O) groups is 1. The Balaban J connectivity index is 3.03. The highest BCUT2D eigenvalue weighted by Gasteiger charge is 2.17. The molecule has 0 radical (unpaired) electrons. The van der Waals surface area contributed by atoms with Crippen molar-refractivity contribution >= 4 is 38.0 Å². The number of nitrogens with one attached hydrogen (secondary N) is 1. The van der Waals surface area contributed by atoms with Gasteiger partial charge in [-0.15, -0.1) is 0 Å². The fraction of sp³-hybridized carbons (Fsp3) is 0.125. The Kier molecular flexibility index (Phi) is 4.40. The number of hydrogen-bond acceptors (Lipinski definition) is 4. The largest absolute Gasteiger partial charge is 0.488 e. The summed E-state index contributed by atoms with van der Waals surface area (Å²) in [4.78, 5) is 11.0. The van der Waals surface area contributed by atoms with E-state index in [1.807, 2.05) is 0 Å². The van der Waals surface area contributed by atoms with Crippen molar-refractivity contribution in [2.24, 2.45) is 0 Å². The van der Waals surface area contributed by atoms with Crippen molar-refractivity contribution in [3.05, 3.63) is 24.0 Å². The van der Waals surface area contributed by atoms with E-state index < -0.39 is 28.0 Å². The lowest BCUT2D eigenvalue weighted by Gasteiger charge is -2.07. The van der Waals surface area contributed by atoms with Gasteiger partial charge in [-0.1, -0.05) is 25.9 Å². The first kappa shape index (κ1) is 13.8. The van der Waals surface area contributed by atoms with E-state index in [2.05, 4.69) is 25.4 Å². The number of halogens is 3. The number of alkyl halides is 1. The van der Waals surface area contributed by atoms with Crippen LogP contribution in [0, 0.1) is 5.82 Å². The second-order valence-corrected chi connectivity index (χ2v) is 4.29. The summed E-state index contributed by atoms with van der Waals surface area (Å²) in [5.41, 5.74) is -0.310. The van der Waals surface area contributed by atoms with Gasteiger partial charge in [0.05, 0.1) is 11.0 Å². The Morgan fingerprint density at radius 3 is 2.65 bits per heavy atom. The van der Waals surface area contributed by atoms with Crippen LogP contribution in [-0.2, 0) is 15.3 Å². The number of amides is 1. The highest BCUT2D eigenvalue weighted by atomic mass is 79.9. The lowest BCUT2D eigenvalue weighted by Crippen LogP contribution is -2.14. The molecule has 0 bridgehead atoms. The SMILES string of the molecule is O=C(CBr)Nc1cccc(OS(=O)(=O)F)c1F. The molecule has 0 fully saturated rings. The number of rotatable bonds is 4. The van der Waals surface area contributed by atoms with Crippen LogP contribution >= 0.6 is 15.9 Å². The van der Waals surface area contributed by atoms with Gasteiger partial charge in [-0.05, 0) is 12.1 Å². The van der Waals surface area contributed by atoms with Crippen molar-refractivity contribution in [3.8, 4) is 5.75 Å². The molecule has 0 aliphatic carbocycles. The summed E-state index contributed by atoms with van der Waals surface area (Å²) >= 11 is 2.84. The minimum Gasteiger partial charge on any atom is -0.355 e. The molecule has 0 atom stereocenters. The molecule has 0 saturated carbocycles. The van der Waals surface area contributed by atoms with Gasteiger partial charge in [-0.3, -0.25) is 4.79 Å².